The number of ether oxygens (including phenoxy) is 1. The molecule has 1 aromatic carbocycles. The van der Waals surface area contributed by atoms with Crippen LogP contribution >= 0.6 is 0 Å². The summed E-state index contributed by atoms with van der Waals surface area (Å²) >= 11 is 0. The third-order valence-electron chi connectivity index (χ3n) is 4.98. The molecular weight excluding hydrogens is 268 g/mol. The highest BCUT2D eigenvalue weighted by Crippen LogP contribution is 2.51. The van der Waals surface area contributed by atoms with Gasteiger partial charge >= 0.3 is 0 Å². The first-order valence-corrected chi connectivity index (χ1v) is 7.58. The minimum absolute atomic E-state index is 0.131. The van der Waals surface area contributed by atoms with Crippen molar-refractivity contribution in [1.29, 1.82) is 0 Å². The van der Waals surface area contributed by atoms with Gasteiger partial charge in [-0.15, -0.1) is 0 Å². The van der Waals surface area contributed by atoms with Crippen LogP contribution in [0.3, 0.4) is 0 Å². The Morgan fingerprint density at radius 3 is 3.05 bits per heavy atom. The molecule has 114 valence electrons. The van der Waals surface area contributed by atoms with E-state index in [-0.39, 0.29) is 16.0 Å². The molecule has 1 aliphatic heterocycles. The SMILES string of the molecule is CC1(C)C(NCc2cccc([N+](=O)[O-])c2)C2CCCOC21. The number of benzene rings is 1. The van der Waals surface area contributed by atoms with Crippen molar-refractivity contribution in [2.75, 3.05) is 6.61 Å². The van der Waals surface area contributed by atoms with E-state index in [1.54, 1.807) is 12.1 Å². The lowest BCUT2D eigenvalue weighted by Gasteiger charge is -2.60. The van der Waals surface area contributed by atoms with Crippen molar-refractivity contribution in [3.63, 3.8) is 0 Å². The van der Waals surface area contributed by atoms with Gasteiger partial charge in [0, 0.05) is 42.7 Å². The molecule has 3 unspecified atom stereocenters. The van der Waals surface area contributed by atoms with E-state index in [2.05, 4.69) is 19.2 Å². The normalized spacial score (nSPS) is 30.3. The molecule has 2 fully saturated rings. The fourth-order valence-electron chi connectivity index (χ4n) is 3.94. The van der Waals surface area contributed by atoms with Gasteiger partial charge in [0.25, 0.3) is 5.69 Å². The fraction of sp³-hybridized carbons (Fsp3) is 0.625. The number of nitrogens with zero attached hydrogens (tertiary/aromatic N) is 1. The van der Waals surface area contributed by atoms with Crippen LogP contribution in [0.5, 0.6) is 0 Å². The standard InChI is InChI=1S/C16H22N2O3/c1-16(2)14(13-7-4-8-21-15(13)16)17-10-11-5-3-6-12(9-11)18(19)20/h3,5-6,9,13-15,17H,4,7-8,10H2,1-2H3. The lowest BCUT2D eigenvalue weighted by atomic mass is 9.55. The Hall–Kier alpha value is -1.46. The van der Waals surface area contributed by atoms with Crippen LogP contribution in [0.25, 0.3) is 0 Å². The smallest absolute Gasteiger partial charge is 0.269 e. The van der Waals surface area contributed by atoms with Gasteiger partial charge in [-0.3, -0.25) is 10.1 Å². The highest BCUT2D eigenvalue weighted by molar-refractivity contribution is 5.34. The van der Waals surface area contributed by atoms with Crippen LogP contribution in [-0.2, 0) is 11.3 Å². The summed E-state index contributed by atoms with van der Waals surface area (Å²) in [5.74, 6) is 0.576. The van der Waals surface area contributed by atoms with Gasteiger partial charge in [-0.1, -0.05) is 26.0 Å². The monoisotopic (exact) mass is 290 g/mol. The van der Waals surface area contributed by atoms with Gasteiger partial charge in [-0.2, -0.15) is 0 Å². The molecule has 0 amide bonds. The van der Waals surface area contributed by atoms with Gasteiger partial charge in [0.2, 0.25) is 0 Å². The minimum atomic E-state index is -0.345. The van der Waals surface area contributed by atoms with Crippen molar-refractivity contribution in [1.82, 2.24) is 5.32 Å². The number of rotatable bonds is 4. The number of hydrogen-bond acceptors (Lipinski definition) is 4. The zero-order valence-electron chi connectivity index (χ0n) is 12.5. The maximum Gasteiger partial charge on any atom is 0.269 e. The number of nitrogens with one attached hydrogen (secondary N) is 1. The predicted octanol–water partition coefficient (Wildman–Crippen LogP) is 2.89. The molecule has 0 aromatic heterocycles. The molecule has 0 spiro atoms. The van der Waals surface area contributed by atoms with Crippen LogP contribution in [0.4, 0.5) is 5.69 Å². The molecule has 2 aliphatic rings. The van der Waals surface area contributed by atoms with Crippen LogP contribution in [0, 0.1) is 21.4 Å². The molecule has 1 aromatic rings. The molecule has 1 heterocycles. The topological polar surface area (TPSA) is 64.4 Å². The summed E-state index contributed by atoms with van der Waals surface area (Å²) in [7, 11) is 0. The van der Waals surface area contributed by atoms with Crippen molar-refractivity contribution < 1.29 is 9.66 Å². The molecular formula is C16H22N2O3. The maximum atomic E-state index is 10.8. The second-order valence-corrected chi connectivity index (χ2v) is 6.70. The van der Waals surface area contributed by atoms with Gasteiger partial charge in [0.1, 0.15) is 0 Å². The van der Waals surface area contributed by atoms with E-state index in [1.807, 2.05) is 6.07 Å². The lowest BCUT2D eigenvalue weighted by molar-refractivity contribution is -0.384. The number of non-ortho nitro benzene ring substituents is 1. The Kier molecular flexibility index (Phi) is 3.71. The van der Waals surface area contributed by atoms with Crippen molar-refractivity contribution in [3.8, 4) is 0 Å². The van der Waals surface area contributed by atoms with Crippen molar-refractivity contribution >= 4 is 5.69 Å². The van der Waals surface area contributed by atoms with E-state index in [4.69, 9.17) is 4.74 Å². The number of nitro benzene ring substituents is 1. The summed E-state index contributed by atoms with van der Waals surface area (Å²) in [5, 5.41) is 14.4. The summed E-state index contributed by atoms with van der Waals surface area (Å²) in [6.07, 6.45) is 2.70. The van der Waals surface area contributed by atoms with Crippen molar-refractivity contribution in [2.24, 2.45) is 11.3 Å². The van der Waals surface area contributed by atoms with Gasteiger partial charge in [0.15, 0.2) is 0 Å². The molecule has 21 heavy (non-hydrogen) atoms. The average Bonchev–Trinajstić information content (AvgIpc) is 2.47. The molecule has 0 radical (unpaired) electrons. The Morgan fingerprint density at radius 2 is 2.29 bits per heavy atom. The highest BCUT2D eigenvalue weighted by Gasteiger charge is 2.57. The van der Waals surface area contributed by atoms with E-state index < -0.39 is 0 Å². The fourth-order valence-corrected chi connectivity index (χ4v) is 3.94. The zero-order chi connectivity index (χ0) is 15.0. The molecule has 1 aliphatic carbocycles. The molecule has 1 saturated heterocycles. The molecule has 5 nitrogen and oxygen atoms in total. The van der Waals surface area contributed by atoms with Crippen molar-refractivity contribution in [3.05, 3.63) is 39.9 Å². The van der Waals surface area contributed by atoms with Crippen LogP contribution in [0.15, 0.2) is 24.3 Å². The molecule has 0 bridgehead atoms. The molecule has 1 saturated carbocycles. The van der Waals surface area contributed by atoms with E-state index >= 15 is 0 Å². The van der Waals surface area contributed by atoms with Gasteiger partial charge < -0.3 is 10.1 Å². The summed E-state index contributed by atoms with van der Waals surface area (Å²) in [4.78, 5) is 10.5. The Bertz CT molecular complexity index is 544. The lowest BCUT2D eigenvalue weighted by Crippen LogP contribution is -2.69. The first-order valence-electron chi connectivity index (χ1n) is 7.58. The van der Waals surface area contributed by atoms with E-state index in [0.29, 0.717) is 24.6 Å². The summed E-state index contributed by atoms with van der Waals surface area (Å²) in [5.41, 5.74) is 1.24. The molecule has 3 atom stereocenters. The second kappa shape index (κ2) is 5.39. The first-order chi connectivity index (χ1) is 10.00. The summed E-state index contributed by atoms with van der Waals surface area (Å²) < 4.78 is 5.90. The van der Waals surface area contributed by atoms with Crippen molar-refractivity contribution in [2.45, 2.75) is 45.4 Å². The van der Waals surface area contributed by atoms with Crippen LogP contribution in [-0.4, -0.2) is 23.7 Å². The maximum absolute atomic E-state index is 10.8. The number of nitro groups is 1. The van der Waals surface area contributed by atoms with E-state index in [9.17, 15) is 10.1 Å². The molecule has 1 N–H and O–H groups in total. The summed E-state index contributed by atoms with van der Waals surface area (Å²) in [6.45, 7) is 6.02. The van der Waals surface area contributed by atoms with Crippen LogP contribution < -0.4 is 5.32 Å². The third kappa shape index (κ3) is 2.56. The third-order valence-corrected chi connectivity index (χ3v) is 4.98. The predicted molar refractivity (Wildman–Crippen MR) is 80.0 cm³/mol. The first kappa shape index (κ1) is 14.5. The van der Waals surface area contributed by atoms with Gasteiger partial charge in [0.05, 0.1) is 11.0 Å². The zero-order valence-corrected chi connectivity index (χ0v) is 12.5. The van der Waals surface area contributed by atoms with Gasteiger partial charge in [-0.25, -0.2) is 0 Å². The number of fused-ring (bicyclic) bond motifs is 1. The Balaban J connectivity index is 1.65. The molecule has 3 rings (SSSR count). The quantitative estimate of drug-likeness (QED) is 0.684. The minimum Gasteiger partial charge on any atom is -0.377 e. The van der Waals surface area contributed by atoms with E-state index in [1.165, 1.54) is 12.5 Å². The van der Waals surface area contributed by atoms with Crippen LogP contribution in [0.1, 0.15) is 32.3 Å². The number of hydrogen-bond donors (Lipinski definition) is 1. The summed E-state index contributed by atoms with van der Waals surface area (Å²) in [6, 6.07) is 7.27. The highest BCUT2D eigenvalue weighted by atomic mass is 16.6. The van der Waals surface area contributed by atoms with Gasteiger partial charge in [-0.05, 0) is 18.4 Å². The Morgan fingerprint density at radius 1 is 1.48 bits per heavy atom. The Labute approximate surface area is 124 Å². The average molecular weight is 290 g/mol. The largest absolute Gasteiger partial charge is 0.377 e. The molecule has 5 heteroatoms. The van der Waals surface area contributed by atoms with Crippen LogP contribution in [0.2, 0.25) is 0 Å². The second-order valence-electron chi connectivity index (χ2n) is 6.70. The van der Waals surface area contributed by atoms with E-state index in [0.717, 1.165) is 18.6 Å².